The van der Waals surface area contributed by atoms with Gasteiger partial charge in [0.15, 0.2) is 0 Å². The van der Waals surface area contributed by atoms with Gasteiger partial charge in [-0.3, -0.25) is 9.59 Å². The number of nitrogens with one attached hydrogen (secondary N) is 1. The van der Waals surface area contributed by atoms with Crippen LogP contribution in [0.5, 0.6) is 0 Å². The minimum atomic E-state index is -1.07. The lowest BCUT2D eigenvalue weighted by molar-refractivity contribution is -0.145. The second kappa shape index (κ2) is 13.1. The maximum atomic E-state index is 14.3. The van der Waals surface area contributed by atoms with Gasteiger partial charge in [-0.2, -0.15) is 0 Å². The van der Waals surface area contributed by atoms with Crippen LogP contribution in [0.4, 0.5) is 17.1 Å². The van der Waals surface area contributed by atoms with Crippen molar-refractivity contribution in [3.05, 3.63) is 88.4 Å². The van der Waals surface area contributed by atoms with Gasteiger partial charge in [0.25, 0.3) is 5.91 Å². The van der Waals surface area contributed by atoms with Gasteiger partial charge in [0, 0.05) is 55.4 Å². The number of hydrogen-bond donors (Lipinski definition) is 3. The Morgan fingerprint density at radius 1 is 0.933 bits per heavy atom. The van der Waals surface area contributed by atoms with Crippen molar-refractivity contribution in [3.8, 4) is 0 Å². The van der Waals surface area contributed by atoms with Gasteiger partial charge in [0.2, 0.25) is 5.91 Å². The van der Waals surface area contributed by atoms with Gasteiger partial charge < -0.3 is 35.0 Å². The number of benzene rings is 3. The highest BCUT2D eigenvalue weighted by molar-refractivity contribution is 6.30. The van der Waals surface area contributed by atoms with Crippen LogP contribution in [0.3, 0.4) is 0 Å². The molecule has 2 amide bonds. The van der Waals surface area contributed by atoms with Crippen LogP contribution < -0.4 is 15.1 Å². The maximum absolute atomic E-state index is 14.3. The van der Waals surface area contributed by atoms with Gasteiger partial charge in [0.05, 0.1) is 17.6 Å². The first-order valence-corrected chi connectivity index (χ1v) is 15.7. The second-order valence-corrected chi connectivity index (χ2v) is 12.2. The predicted octanol–water partition coefficient (Wildman–Crippen LogP) is 4.56. The highest BCUT2D eigenvalue weighted by atomic mass is 35.5. The highest BCUT2D eigenvalue weighted by Crippen LogP contribution is 2.40. The minimum absolute atomic E-state index is 0.106. The fourth-order valence-corrected chi connectivity index (χ4v) is 7.07. The normalized spacial score (nSPS) is 21.8. The number of aliphatic hydroxyl groups excluding tert-OH is 1. The summed E-state index contributed by atoms with van der Waals surface area (Å²) in [5.74, 6) is -2.48. The highest BCUT2D eigenvalue weighted by Gasteiger charge is 2.45. The molecule has 45 heavy (non-hydrogen) atoms. The molecule has 11 heteroatoms. The molecule has 0 saturated carbocycles. The number of hydrogen-bond acceptors (Lipinski definition) is 7. The number of ether oxygens (including phenoxy) is 1. The van der Waals surface area contributed by atoms with Crippen molar-refractivity contribution in [1.82, 2.24) is 4.90 Å². The number of carboxylic acids is 1. The summed E-state index contributed by atoms with van der Waals surface area (Å²) < 4.78 is 5.57. The monoisotopic (exact) mass is 632 g/mol. The summed E-state index contributed by atoms with van der Waals surface area (Å²) in [7, 11) is 1.74. The van der Waals surface area contributed by atoms with Crippen LogP contribution in [0.15, 0.2) is 66.7 Å². The molecular formula is C34H37ClN4O6. The van der Waals surface area contributed by atoms with E-state index < -0.39 is 30.1 Å². The number of aliphatic hydroxyl groups is 1. The van der Waals surface area contributed by atoms with E-state index in [1.165, 1.54) is 24.3 Å². The molecule has 0 bridgehead atoms. The number of piperidine rings is 1. The molecular weight excluding hydrogens is 596 g/mol. The zero-order valence-corrected chi connectivity index (χ0v) is 25.8. The first kappa shape index (κ1) is 30.9. The van der Waals surface area contributed by atoms with Crippen LogP contribution in [-0.4, -0.2) is 78.5 Å². The Balaban J connectivity index is 1.31. The third kappa shape index (κ3) is 6.22. The van der Waals surface area contributed by atoms with Crippen molar-refractivity contribution >= 4 is 46.4 Å². The molecule has 0 spiro atoms. The van der Waals surface area contributed by atoms with Crippen LogP contribution in [0.2, 0.25) is 5.02 Å². The summed E-state index contributed by atoms with van der Waals surface area (Å²) in [4.78, 5) is 45.4. The Labute approximate surface area is 267 Å². The fourth-order valence-electron chi connectivity index (χ4n) is 6.88. The van der Waals surface area contributed by atoms with E-state index in [0.29, 0.717) is 36.6 Å². The van der Waals surface area contributed by atoms with Crippen molar-refractivity contribution in [2.24, 2.45) is 5.92 Å². The van der Waals surface area contributed by atoms with Crippen LogP contribution in [0.1, 0.15) is 46.8 Å². The number of rotatable bonds is 7. The third-order valence-corrected chi connectivity index (χ3v) is 9.50. The number of fused-ring (bicyclic) bond motifs is 1. The largest absolute Gasteiger partial charge is 0.478 e. The summed E-state index contributed by atoms with van der Waals surface area (Å²) in [5.41, 5.74) is 4.11. The molecule has 3 aromatic rings. The number of nitrogens with zero attached hydrogens (tertiary/aromatic N) is 3. The van der Waals surface area contributed by atoms with Crippen molar-refractivity contribution in [1.29, 1.82) is 0 Å². The Bertz CT molecular complexity index is 1580. The average molecular weight is 633 g/mol. The van der Waals surface area contributed by atoms with Gasteiger partial charge in [-0.05, 0) is 85.3 Å². The van der Waals surface area contributed by atoms with Gasteiger partial charge in [-0.15, -0.1) is 0 Å². The Hall–Kier alpha value is -4.12. The van der Waals surface area contributed by atoms with Crippen LogP contribution in [0.25, 0.3) is 0 Å². The smallest absolute Gasteiger partial charge is 0.335 e. The quantitative estimate of drug-likeness (QED) is 0.347. The lowest BCUT2D eigenvalue weighted by Gasteiger charge is -2.41. The molecule has 3 N–H and O–H groups in total. The number of carbonyl (C=O) groups is 3. The van der Waals surface area contributed by atoms with Gasteiger partial charge in [-0.25, -0.2) is 4.79 Å². The van der Waals surface area contributed by atoms with Crippen molar-refractivity contribution in [2.45, 2.75) is 44.1 Å². The van der Waals surface area contributed by atoms with E-state index in [9.17, 15) is 24.6 Å². The van der Waals surface area contributed by atoms with E-state index in [4.69, 9.17) is 16.3 Å². The van der Waals surface area contributed by atoms with E-state index in [1.807, 2.05) is 18.2 Å². The summed E-state index contributed by atoms with van der Waals surface area (Å²) in [5, 5.41) is 24.1. The second-order valence-electron chi connectivity index (χ2n) is 11.8. The molecule has 3 aliphatic heterocycles. The summed E-state index contributed by atoms with van der Waals surface area (Å²) in [6, 6.07) is 18.1. The number of aromatic carboxylic acids is 1. The third-order valence-electron chi connectivity index (χ3n) is 9.26. The molecule has 0 aromatic heterocycles. The Morgan fingerprint density at radius 2 is 1.67 bits per heavy atom. The van der Waals surface area contributed by atoms with Crippen molar-refractivity contribution in [2.75, 3.05) is 48.4 Å². The number of carbonyl (C=O) groups excluding carboxylic acids is 2. The lowest BCUT2D eigenvalue weighted by atomic mass is 9.88. The van der Waals surface area contributed by atoms with Crippen LogP contribution >= 0.6 is 11.6 Å². The van der Waals surface area contributed by atoms with Crippen LogP contribution in [-0.2, 0) is 20.7 Å². The SMILES string of the molecule is COC1CCN(c2cccc3c2CCN(C(=O)C2CCN(c4cccc(Cl)c4)C2O)C3C(=O)Nc2ccc(C(=O)O)cc2)CC1. The maximum Gasteiger partial charge on any atom is 0.335 e. The molecule has 2 fully saturated rings. The van der Waals surface area contributed by atoms with E-state index >= 15 is 0 Å². The van der Waals surface area contributed by atoms with Gasteiger partial charge >= 0.3 is 5.97 Å². The molecule has 2 saturated heterocycles. The molecule has 3 aliphatic rings. The lowest BCUT2D eigenvalue weighted by Crippen LogP contribution is -2.50. The van der Waals surface area contributed by atoms with Crippen molar-refractivity contribution < 1.29 is 29.3 Å². The average Bonchev–Trinajstić information content (AvgIpc) is 3.44. The van der Waals surface area contributed by atoms with E-state index in [0.717, 1.165) is 48.4 Å². The van der Waals surface area contributed by atoms with E-state index in [1.54, 1.807) is 35.1 Å². The summed E-state index contributed by atoms with van der Waals surface area (Å²) >= 11 is 6.20. The number of halogens is 1. The molecule has 3 atom stereocenters. The molecule has 10 nitrogen and oxygen atoms in total. The standard InChI is InChI=1S/C34H37ClN4O6/c1-45-25-12-16-37(17-13-25)29-7-3-6-27-26(29)14-19-39(30(27)31(40)36-23-10-8-21(9-11-23)34(43)44)33(42)28-15-18-38(32(28)41)24-5-2-4-22(35)20-24/h2-11,20,25,28,30,32,41H,12-19H2,1H3,(H,36,40)(H,43,44). The van der Waals surface area contributed by atoms with E-state index in [2.05, 4.69) is 16.3 Å². The zero-order valence-electron chi connectivity index (χ0n) is 25.1. The fraction of sp³-hybridized carbons (Fsp3) is 0.382. The molecule has 3 heterocycles. The number of amides is 2. The number of anilines is 3. The topological polar surface area (TPSA) is 123 Å². The number of methoxy groups -OCH3 is 1. The first-order valence-electron chi connectivity index (χ1n) is 15.3. The van der Waals surface area contributed by atoms with Gasteiger partial charge in [0.1, 0.15) is 12.3 Å². The summed E-state index contributed by atoms with van der Waals surface area (Å²) in [6.45, 7) is 2.44. The molecule has 236 valence electrons. The molecule has 6 rings (SSSR count). The van der Waals surface area contributed by atoms with Crippen LogP contribution in [0, 0.1) is 5.92 Å². The van der Waals surface area contributed by atoms with Crippen molar-refractivity contribution in [3.63, 3.8) is 0 Å². The Morgan fingerprint density at radius 3 is 2.36 bits per heavy atom. The molecule has 0 aliphatic carbocycles. The zero-order chi connectivity index (χ0) is 31.7. The van der Waals surface area contributed by atoms with Gasteiger partial charge in [-0.1, -0.05) is 29.8 Å². The minimum Gasteiger partial charge on any atom is -0.478 e. The molecule has 3 unspecified atom stereocenters. The first-order chi connectivity index (χ1) is 21.7. The summed E-state index contributed by atoms with van der Waals surface area (Å²) in [6.07, 6.45) is 1.96. The Kier molecular flexibility index (Phi) is 8.98. The van der Waals surface area contributed by atoms with E-state index in [-0.39, 0.29) is 17.6 Å². The molecule has 0 radical (unpaired) electrons. The molecule has 3 aromatic carbocycles. The number of carboxylic acid groups (broad SMARTS) is 1. The predicted molar refractivity (Wildman–Crippen MR) is 172 cm³/mol.